The Balaban J connectivity index is 2.39. The fraction of sp³-hybridized carbons (Fsp3) is 0.273. The zero-order chi connectivity index (χ0) is 11.7. The van der Waals surface area contributed by atoms with Gasteiger partial charge in [-0.25, -0.2) is 0 Å². The van der Waals surface area contributed by atoms with E-state index in [2.05, 4.69) is 15.8 Å². The van der Waals surface area contributed by atoms with Crippen molar-refractivity contribution in [3.8, 4) is 0 Å². The van der Waals surface area contributed by atoms with Crippen LogP contribution in [0, 0.1) is 13.8 Å². The quantitative estimate of drug-likeness (QED) is 0.380. The molecule has 16 heavy (non-hydrogen) atoms. The second kappa shape index (κ2) is 3.84. The maximum absolute atomic E-state index is 11.6. The van der Waals surface area contributed by atoms with Gasteiger partial charge in [-0.3, -0.25) is 4.79 Å². The van der Waals surface area contributed by atoms with E-state index in [4.69, 9.17) is 5.21 Å². The number of carbonyl (C=O) groups is 1. The average Bonchev–Trinajstić information content (AvgIpc) is 2.23. The summed E-state index contributed by atoms with van der Waals surface area (Å²) < 4.78 is 0. The van der Waals surface area contributed by atoms with Crippen LogP contribution >= 0.6 is 0 Å². The van der Waals surface area contributed by atoms with Gasteiger partial charge >= 0.3 is 0 Å². The molecule has 0 saturated carbocycles. The first-order valence-electron chi connectivity index (χ1n) is 4.98. The number of oxime groups is 1. The Morgan fingerprint density at radius 3 is 2.56 bits per heavy atom. The number of rotatable bonds is 1. The molecular formula is C11H13N3O2. The first-order chi connectivity index (χ1) is 7.61. The number of benzene rings is 1. The van der Waals surface area contributed by atoms with E-state index < -0.39 is 6.04 Å². The predicted octanol–water partition coefficient (Wildman–Crippen LogP) is 1.50. The highest BCUT2D eigenvalue weighted by atomic mass is 16.4. The molecule has 1 aromatic carbocycles. The molecule has 0 bridgehead atoms. The molecule has 0 aliphatic carbocycles. The van der Waals surface area contributed by atoms with Crippen LogP contribution in [0.1, 0.15) is 11.1 Å². The zero-order valence-electron chi connectivity index (χ0n) is 9.11. The van der Waals surface area contributed by atoms with E-state index in [1.54, 1.807) is 0 Å². The molecule has 3 N–H and O–H groups in total. The highest BCUT2D eigenvalue weighted by molar-refractivity contribution is 6.11. The van der Waals surface area contributed by atoms with Crippen LogP contribution in [-0.2, 0) is 4.79 Å². The molecule has 5 nitrogen and oxygen atoms in total. The predicted molar refractivity (Wildman–Crippen MR) is 62.2 cm³/mol. The lowest BCUT2D eigenvalue weighted by molar-refractivity contribution is -0.115. The number of nitrogens with zero attached hydrogens (tertiary/aromatic N) is 1. The summed E-state index contributed by atoms with van der Waals surface area (Å²) in [6.07, 6.45) is 1.16. The summed E-state index contributed by atoms with van der Waals surface area (Å²) in [5.74, 6) is -0.228. The van der Waals surface area contributed by atoms with Gasteiger partial charge in [-0.1, -0.05) is 5.16 Å². The molecule has 1 heterocycles. The van der Waals surface area contributed by atoms with Gasteiger partial charge in [0.1, 0.15) is 6.04 Å². The minimum absolute atomic E-state index is 0.228. The number of nitrogens with one attached hydrogen (secondary N) is 2. The van der Waals surface area contributed by atoms with Crippen LogP contribution < -0.4 is 10.6 Å². The molecule has 0 saturated heterocycles. The van der Waals surface area contributed by atoms with Gasteiger partial charge < -0.3 is 15.8 Å². The van der Waals surface area contributed by atoms with Crippen LogP contribution in [0.3, 0.4) is 0 Å². The van der Waals surface area contributed by atoms with E-state index >= 15 is 0 Å². The third-order valence-corrected chi connectivity index (χ3v) is 2.70. The lowest BCUT2D eigenvalue weighted by Crippen LogP contribution is -2.40. The van der Waals surface area contributed by atoms with Crippen LogP contribution in [-0.4, -0.2) is 23.4 Å². The fourth-order valence-corrected chi connectivity index (χ4v) is 1.65. The van der Waals surface area contributed by atoms with Gasteiger partial charge in [0.15, 0.2) is 0 Å². The van der Waals surface area contributed by atoms with Crippen LogP contribution in [0.25, 0.3) is 0 Å². The summed E-state index contributed by atoms with van der Waals surface area (Å²) in [5.41, 5.74) is 3.86. The molecule has 5 heteroatoms. The number of hydrogen-bond acceptors (Lipinski definition) is 4. The molecular weight excluding hydrogens is 206 g/mol. The van der Waals surface area contributed by atoms with Crippen molar-refractivity contribution in [1.82, 2.24) is 0 Å². The molecule has 0 aromatic heterocycles. The van der Waals surface area contributed by atoms with Crippen molar-refractivity contribution >= 4 is 23.5 Å². The van der Waals surface area contributed by atoms with Crippen LogP contribution in [0.5, 0.6) is 0 Å². The van der Waals surface area contributed by atoms with Crippen molar-refractivity contribution < 1.29 is 10.0 Å². The van der Waals surface area contributed by atoms with Gasteiger partial charge in [0.05, 0.1) is 17.6 Å². The Labute approximate surface area is 93.2 Å². The molecule has 1 aliphatic rings. The normalized spacial score (nSPS) is 19.1. The van der Waals surface area contributed by atoms with Gasteiger partial charge in [0.2, 0.25) is 0 Å². The van der Waals surface area contributed by atoms with Crippen molar-refractivity contribution in [2.75, 3.05) is 10.6 Å². The highest BCUT2D eigenvalue weighted by Gasteiger charge is 2.24. The molecule has 84 valence electrons. The molecule has 1 unspecified atom stereocenters. The molecule has 1 amide bonds. The Hall–Kier alpha value is -2.04. The van der Waals surface area contributed by atoms with Crippen molar-refractivity contribution in [1.29, 1.82) is 0 Å². The fourth-order valence-electron chi connectivity index (χ4n) is 1.65. The van der Waals surface area contributed by atoms with Gasteiger partial charge in [0.25, 0.3) is 5.91 Å². The number of carbonyl (C=O) groups excluding carboxylic acids is 1. The molecule has 1 atom stereocenters. The number of hydrogen-bond donors (Lipinski definition) is 3. The SMILES string of the molecule is Cc1cc2c(cc1C)NC(/C=N/O)C(=O)N2. The summed E-state index contributed by atoms with van der Waals surface area (Å²) in [7, 11) is 0. The minimum Gasteiger partial charge on any atom is -0.411 e. The van der Waals surface area contributed by atoms with Gasteiger partial charge in [-0.05, 0) is 37.1 Å². The molecule has 1 aliphatic heterocycles. The Kier molecular flexibility index (Phi) is 2.52. The summed E-state index contributed by atoms with van der Waals surface area (Å²) in [4.78, 5) is 11.6. The van der Waals surface area contributed by atoms with E-state index in [-0.39, 0.29) is 5.91 Å². The van der Waals surface area contributed by atoms with Gasteiger partial charge in [-0.2, -0.15) is 0 Å². The third kappa shape index (κ3) is 1.71. The highest BCUT2D eigenvalue weighted by Crippen LogP contribution is 2.29. The lowest BCUT2D eigenvalue weighted by Gasteiger charge is -2.25. The second-order valence-corrected chi connectivity index (χ2v) is 3.86. The molecule has 2 rings (SSSR count). The van der Waals surface area contributed by atoms with Crippen molar-refractivity contribution in [3.63, 3.8) is 0 Å². The maximum Gasteiger partial charge on any atom is 0.252 e. The zero-order valence-corrected chi connectivity index (χ0v) is 9.11. The number of anilines is 2. The first-order valence-corrected chi connectivity index (χ1v) is 4.98. The third-order valence-electron chi connectivity index (χ3n) is 2.70. The van der Waals surface area contributed by atoms with Crippen molar-refractivity contribution in [2.45, 2.75) is 19.9 Å². The second-order valence-electron chi connectivity index (χ2n) is 3.86. The summed E-state index contributed by atoms with van der Waals surface area (Å²) >= 11 is 0. The number of aryl methyl sites for hydroxylation is 2. The largest absolute Gasteiger partial charge is 0.411 e. The number of amides is 1. The molecule has 1 aromatic rings. The summed E-state index contributed by atoms with van der Waals surface area (Å²) in [6, 6.07) is 3.25. The lowest BCUT2D eigenvalue weighted by atomic mass is 10.0. The average molecular weight is 219 g/mol. The molecule has 0 spiro atoms. The number of fused-ring (bicyclic) bond motifs is 1. The Bertz CT molecular complexity index is 469. The van der Waals surface area contributed by atoms with E-state index in [0.29, 0.717) is 0 Å². The van der Waals surface area contributed by atoms with E-state index in [1.807, 2.05) is 26.0 Å². The van der Waals surface area contributed by atoms with Crippen molar-refractivity contribution in [3.05, 3.63) is 23.3 Å². The van der Waals surface area contributed by atoms with Crippen LogP contribution in [0.4, 0.5) is 11.4 Å². The van der Waals surface area contributed by atoms with E-state index in [9.17, 15) is 4.79 Å². The summed E-state index contributed by atoms with van der Waals surface area (Å²) in [6.45, 7) is 3.99. The van der Waals surface area contributed by atoms with Gasteiger partial charge in [-0.15, -0.1) is 0 Å². The standard InChI is InChI=1S/C11H13N3O2/c1-6-3-8-9(4-7(6)2)14-11(15)10(13-8)5-12-16/h3-5,10,13,16H,1-2H3,(H,14,15)/b12-5+. The van der Waals surface area contributed by atoms with Crippen LogP contribution in [0.2, 0.25) is 0 Å². The monoisotopic (exact) mass is 219 g/mol. The van der Waals surface area contributed by atoms with Gasteiger partial charge in [0, 0.05) is 0 Å². The molecule has 0 fully saturated rings. The van der Waals surface area contributed by atoms with E-state index in [0.717, 1.165) is 28.7 Å². The van der Waals surface area contributed by atoms with Crippen LogP contribution in [0.15, 0.2) is 17.3 Å². The Morgan fingerprint density at radius 1 is 1.31 bits per heavy atom. The topological polar surface area (TPSA) is 73.7 Å². The Morgan fingerprint density at radius 2 is 1.94 bits per heavy atom. The van der Waals surface area contributed by atoms with E-state index in [1.165, 1.54) is 0 Å². The smallest absolute Gasteiger partial charge is 0.252 e. The summed E-state index contributed by atoms with van der Waals surface area (Å²) in [5, 5.41) is 17.1. The van der Waals surface area contributed by atoms with Crippen molar-refractivity contribution in [2.24, 2.45) is 5.16 Å². The maximum atomic E-state index is 11.6. The minimum atomic E-state index is -0.625. The molecule has 0 radical (unpaired) electrons. The first kappa shape index (κ1) is 10.5.